The Morgan fingerprint density at radius 3 is 2.65 bits per heavy atom. The molecule has 1 heterocycles. The van der Waals surface area contributed by atoms with Crippen LogP contribution in [0.25, 0.3) is 11.3 Å². The van der Waals surface area contributed by atoms with Gasteiger partial charge in [0.25, 0.3) is 0 Å². The van der Waals surface area contributed by atoms with Crippen LogP contribution in [0, 0.1) is 0 Å². The summed E-state index contributed by atoms with van der Waals surface area (Å²) in [6, 6.07) is 11.0. The van der Waals surface area contributed by atoms with Gasteiger partial charge in [-0.2, -0.15) is 0 Å². The minimum Gasteiger partial charge on any atom is -0.496 e. The lowest BCUT2D eigenvalue weighted by Crippen LogP contribution is -2.05. The SMILES string of the molecule is COc1ccccc1-c1ccc(C(=O)O)c(C2CC2)n1. The maximum Gasteiger partial charge on any atom is 0.337 e. The Hall–Kier alpha value is -2.36. The van der Waals surface area contributed by atoms with Crippen LogP contribution in [-0.4, -0.2) is 23.2 Å². The zero-order valence-electron chi connectivity index (χ0n) is 11.2. The number of rotatable bonds is 4. The minimum absolute atomic E-state index is 0.288. The predicted octanol–water partition coefficient (Wildman–Crippen LogP) is 3.33. The van der Waals surface area contributed by atoms with Crippen molar-refractivity contribution in [3.05, 3.63) is 47.7 Å². The summed E-state index contributed by atoms with van der Waals surface area (Å²) < 4.78 is 5.34. The molecule has 4 heteroatoms. The first-order valence-corrected chi connectivity index (χ1v) is 6.58. The van der Waals surface area contributed by atoms with Gasteiger partial charge in [0, 0.05) is 11.5 Å². The lowest BCUT2D eigenvalue weighted by atomic mass is 10.1. The van der Waals surface area contributed by atoms with Crippen molar-refractivity contribution in [2.75, 3.05) is 7.11 Å². The molecule has 2 aromatic rings. The topological polar surface area (TPSA) is 59.4 Å². The van der Waals surface area contributed by atoms with E-state index in [9.17, 15) is 9.90 Å². The van der Waals surface area contributed by atoms with E-state index in [0.29, 0.717) is 11.3 Å². The van der Waals surface area contributed by atoms with E-state index in [2.05, 4.69) is 4.98 Å². The summed E-state index contributed by atoms with van der Waals surface area (Å²) in [6.45, 7) is 0. The van der Waals surface area contributed by atoms with Gasteiger partial charge in [-0.3, -0.25) is 4.98 Å². The maximum absolute atomic E-state index is 11.3. The van der Waals surface area contributed by atoms with Gasteiger partial charge in [0.15, 0.2) is 0 Å². The fraction of sp³-hybridized carbons (Fsp3) is 0.250. The minimum atomic E-state index is -0.911. The van der Waals surface area contributed by atoms with Crippen molar-refractivity contribution in [3.8, 4) is 17.0 Å². The molecule has 0 saturated heterocycles. The Labute approximate surface area is 117 Å². The molecule has 1 aliphatic rings. The lowest BCUT2D eigenvalue weighted by Gasteiger charge is -2.10. The van der Waals surface area contributed by atoms with Gasteiger partial charge in [0.2, 0.25) is 0 Å². The van der Waals surface area contributed by atoms with Crippen LogP contribution >= 0.6 is 0 Å². The standard InChI is InChI=1S/C16H15NO3/c1-20-14-5-3-2-4-11(14)13-9-8-12(16(18)19)15(17-13)10-6-7-10/h2-5,8-10H,6-7H2,1H3,(H,18,19). The molecule has 0 unspecified atom stereocenters. The zero-order chi connectivity index (χ0) is 14.1. The largest absolute Gasteiger partial charge is 0.496 e. The number of para-hydroxylation sites is 1. The zero-order valence-corrected chi connectivity index (χ0v) is 11.2. The van der Waals surface area contributed by atoms with Crippen molar-refractivity contribution in [2.24, 2.45) is 0 Å². The number of carboxylic acid groups (broad SMARTS) is 1. The van der Waals surface area contributed by atoms with E-state index in [4.69, 9.17) is 4.74 Å². The molecule has 1 aromatic heterocycles. The van der Waals surface area contributed by atoms with Gasteiger partial charge in [0.05, 0.1) is 24.1 Å². The van der Waals surface area contributed by atoms with Crippen molar-refractivity contribution >= 4 is 5.97 Å². The first-order chi connectivity index (χ1) is 9.70. The summed E-state index contributed by atoms with van der Waals surface area (Å²) in [5.41, 5.74) is 2.65. The number of aromatic nitrogens is 1. The Morgan fingerprint density at radius 1 is 1.25 bits per heavy atom. The van der Waals surface area contributed by atoms with Gasteiger partial charge in [-0.05, 0) is 37.1 Å². The highest BCUT2D eigenvalue weighted by Crippen LogP contribution is 2.41. The van der Waals surface area contributed by atoms with E-state index in [0.717, 1.165) is 29.8 Å². The van der Waals surface area contributed by atoms with Crippen molar-refractivity contribution in [2.45, 2.75) is 18.8 Å². The predicted molar refractivity (Wildman–Crippen MR) is 75.2 cm³/mol. The van der Waals surface area contributed by atoms with E-state index >= 15 is 0 Å². The second-order valence-electron chi connectivity index (χ2n) is 4.91. The van der Waals surface area contributed by atoms with E-state index < -0.39 is 5.97 Å². The van der Waals surface area contributed by atoms with Crippen LogP contribution in [0.15, 0.2) is 36.4 Å². The van der Waals surface area contributed by atoms with Gasteiger partial charge in [-0.25, -0.2) is 4.79 Å². The molecule has 0 radical (unpaired) electrons. The molecule has 102 valence electrons. The molecule has 1 saturated carbocycles. The summed E-state index contributed by atoms with van der Waals surface area (Å²) in [6.07, 6.45) is 2.03. The molecule has 4 nitrogen and oxygen atoms in total. The van der Waals surface area contributed by atoms with Gasteiger partial charge in [0.1, 0.15) is 5.75 Å². The third kappa shape index (κ3) is 2.25. The summed E-state index contributed by atoms with van der Waals surface area (Å²) in [5, 5.41) is 9.24. The fourth-order valence-electron chi connectivity index (χ4n) is 2.33. The van der Waals surface area contributed by atoms with Gasteiger partial charge < -0.3 is 9.84 Å². The molecule has 0 spiro atoms. The molecule has 0 amide bonds. The normalized spacial score (nSPS) is 14.1. The summed E-state index contributed by atoms with van der Waals surface area (Å²) in [7, 11) is 1.62. The molecule has 0 aliphatic heterocycles. The monoisotopic (exact) mass is 269 g/mol. The van der Waals surface area contributed by atoms with Crippen LogP contribution in [0.2, 0.25) is 0 Å². The molecule has 0 atom stereocenters. The molecular formula is C16H15NO3. The smallest absolute Gasteiger partial charge is 0.337 e. The number of carboxylic acids is 1. The van der Waals surface area contributed by atoms with Crippen LogP contribution in [0.4, 0.5) is 0 Å². The Kier molecular flexibility index (Phi) is 3.14. The van der Waals surface area contributed by atoms with Crippen LogP contribution in [0.3, 0.4) is 0 Å². The second-order valence-corrected chi connectivity index (χ2v) is 4.91. The maximum atomic E-state index is 11.3. The highest BCUT2D eigenvalue weighted by atomic mass is 16.5. The fourth-order valence-corrected chi connectivity index (χ4v) is 2.33. The summed E-state index contributed by atoms with van der Waals surface area (Å²) >= 11 is 0. The Bertz CT molecular complexity index is 663. The molecule has 1 aromatic carbocycles. The summed E-state index contributed by atoms with van der Waals surface area (Å²) in [5.74, 6) is 0.117. The second kappa shape index (κ2) is 4.96. The van der Waals surface area contributed by atoms with E-state index in [-0.39, 0.29) is 5.92 Å². The first kappa shape index (κ1) is 12.7. The molecular weight excluding hydrogens is 254 g/mol. The summed E-state index contributed by atoms with van der Waals surface area (Å²) in [4.78, 5) is 15.8. The lowest BCUT2D eigenvalue weighted by molar-refractivity contribution is 0.0695. The number of hydrogen-bond acceptors (Lipinski definition) is 3. The number of ether oxygens (including phenoxy) is 1. The van der Waals surface area contributed by atoms with E-state index in [1.807, 2.05) is 24.3 Å². The average molecular weight is 269 g/mol. The number of hydrogen-bond donors (Lipinski definition) is 1. The number of carbonyl (C=O) groups is 1. The molecule has 3 rings (SSSR count). The van der Waals surface area contributed by atoms with Crippen LogP contribution < -0.4 is 4.74 Å². The highest BCUT2D eigenvalue weighted by Gasteiger charge is 2.30. The van der Waals surface area contributed by atoms with Crippen molar-refractivity contribution in [1.82, 2.24) is 4.98 Å². The molecule has 20 heavy (non-hydrogen) atoms. The Balaban J connectivity index is 2.11. The molecule has 1 fully saturated rings. The molecule has 1 N–H and O–H groups in total. The molecule has 1 aliphatic carbocycles. The highest BCUT2D eigenvalue weighted by molar-refractivity contribution is 5.89. The number of aromatic carboxylic acids is 1. The van der Waals surface area contributed by atoms with Crippen molar-refractivity contribution < 1.29 is 14.6 Å². The molecule has 0 bridgehead atoms. The average Bonchev–Trinajstić information content (AvgIpc) is 3.31. The van der Waals surface area contributed by atoms with Crippen LogP contribution in [0.5, 0.6) is 5.75 Å². The van der Waals surface area contributed by atoms with Crippen molar-refractivity contribution in [3.63, 3.8) is 0 Å². The van der Waals surface area contributed by atoms with E-state index in [1.165, 1.54) is 0 Å². The van der Waals surface area contributed by atoms with Crippen LogP contribution in [0.1, 0.15) is 34.8 Å². The number of methoxy groups -OCH3 is 1. The first-order valence-electron chi connectivity index (χ1n) is 6.58. The quantitative estimate of drug-likeness (QED) is 0.924. The third-order valence-electron chi connectivity index (χ3n) is 3.50. The van der Waals surface area contributed by atoms with Crippen molar-refractivity contribution in [1.29, 1.82) is 0 Å². The van der Waals surface area contributed by atoms with Gasteiger partial charge in [-0.1, -0.05) is 12.1 Å². The number of benzene rings is 1. The van der Waals surface area contributed by atoms with Gasteiger partial charge >= 0.3 is 5.97 Å². The number of nitrogens with zero attached hydrogens (tertiary/aromatic N) is 1. The number of pyridine rings is 1. The van der Waals surface area contributed by atoms with Crippen LogP contribution in [-0.2, 0) is 0 Å². The van der Waals surface area contributed by atoms with E-state index in [1.54, 1.807) is 19.2 Å². The third-order valence-corrected chi connectivity index (χ3v) is 3.50. The Morgan fingerprint density at radius 2 is 2.00 bits per heavy atom. The van der Waals surface area contributed by atoms with Gasteiger partial charge in [-0.15, -0.1) is 0 Å².